The van der Waals surface area contributed by atoms with Crippen LogP contribution in [-0.4, -0.2) is 31.9 Å². The maximum atomic E-state index is 13.6. The number of methoxy groups -OCH3 is 2. The molecule has 1 aromatic heterocycles. The third kappa shape index (κ3) is 5.16. The van der Waals surface area contributed by atoms with E-state index in [4.69, 9.17) is 9.47 Å². The molecule has 1 heterocycles. The molecule has 4 aromatic rings. The van der Waals surface area contributed by atoms with Gasteiger partial charge >= 0.3 is 0 Å². The number of rotatable bonds is 8. The van der Waals surface area contributed by atoms with E-state index in [0.29, 0.717) is 22.6 Å². The van der Waals surface area contributed by atoms with Crippen LogP contribution in [0.15, 0.2) is 87.0 Å². The average Bonchev–Trinajstić information content (AvgIpc) is 2.84. The lowest BCUT2D eigenvalue weighted by molar-refractivity contribution is 0.398. The topological polar surface area (TPSA) is 88.7 Å². The molecule has 0 aliphatic heterocycles. The first kappa shape index (κ1) is 24.0. The van der Waals surface area contributed by atoms with Crippen LogP contribution in [0.25, 0.3) is 10.9 Å². The summed E-state index contributed by atoms with van der Waals surface area (Å²) < 4.78 is 39.8. The van der Waals surface area contributed by atoms with Crippen molar-refractivity contribution in [3.8, 4) is 11.5 Å². The molecule has 0 fully saturated rings. The molecule has 7 nitrogen and oxygen atoms in total. The van der Waals surface area contributed by atoms with Crippen molar-refractivity contribution in [1.82, 2.24) is 9.29 Å². The Bertz CT molecular complexity index is 1470. The molecular formula is C25H23BrN2O5S. The summed E-state index contributed by atoms with van der Waals surface area (Å²) in [6.45, 7) is -0.0229. The summed E-state index contributed by atoms with van der Waals surface area (Å²) >= 11 is 3.34. The zero-order valence-electron chi connectivity index (χ0n) is 18.6. The van der Waals surface area contributed by atoms with E-state index in [-0.39, 0.29) is 23.5 Å². The minimum absolute atomic E-state index is 0.0813. The van der Waals surface area contributed by atoms with Gasteiger partial charge in [-0.05, 0) is 66.2 Å². The number of halogens is 1. The lowest BCUT2D eigenvalue weighted by Gasteiger charge is -2.22. The molecule has 0 radical (unpaired) electrons. The number of pyridine rings is 1. The molecule has 0 bridgehead atoms. The summed E-state index contributed by atoms with van der Waals surface area (Å²) in [5, 5.41) is 0.749. The zero-order chi connectivity index (χ0) is 24.3. The van der Waals surface area contributed by atoms with E-state index in [1.807, 2.05) is 0 Å². The van der Waals surface area contributed by atoms with Crippen molar-refractivity contribution in [2.45, 2.75) is 18.0 Å². The highest BCUT2D eigenvalue weighted by molar-refractivity contribution is 9.10. The van der Waals surface area contributed by atoms with Crippen molar-refractivity contribution in [3.05, 3.63) is 98.7 Å². The van der Waals surface area contributed by atoms with Crippen molar-refractivity contribution in [2.75, 3.05) is 14.2 Å². The molecule has 3 aromatic carbocycles. The van der Waals surface area contributed by atoms with Gasteiger partial charge in [0, 0.05) is 34.0 Å². The molecule has 0 atom stereocenters. The predicted molar refractivity (Wildman–Crippen MR) is 135 cm³/mol. The summed E-state index contributed by atoms with van der Waals surface area (Å²) in [6, 6.07) is 20.6. The predicted octanol–water partition coefficient (Wildman–Crippen LogP) is 4.70. The first-order valence-electron chi connectivity index (χ1n) is 10.4. The van der Waals surface area contributed by atoms with Gasteiger partial charge in [-0.2, -0.15) is 4.31 Å². The summed E-state index contributed by atoms with van der Waals surface area (Å²) in [5.41, 5.74) is 1.39. The van der Waals surface area contributed by atoms with Gasteiger partial charge in [0.15, 0.2) is 0 Å². The maximum Gasteiger partial charge on any atom is 0.252 e. The number of nitrogens with zero attached hydrogens (tertiary/aromatic N) is 1. The summed E-state index contributed by atoms with van der Waals surface area (Å²) in [5.74, 6) is 1.31. The van der Waals surface area contributed by atoms with E-state index in [9.17, 15) is 13.2 Å². The smallest absolute Gasteiger partial charge is 0.252 e. The van der Waals surface area contributed by atoms with Crippen LogP contribution in [0.5, 0.6) is 11.5 Å². The average molecular weight is 543 g/mol. The Morgan fingerprint density at radius 1 is 0.853 bits per heavy atom. The Hall–Kier alpha value is -3.14. The third-order valence-electron chi connectivity index (χ3n) is 5.44. The fourth-order valence-corrected chi connectivity index (χ4v) is 5.25. The fourth-order valence-electron chi connectivity index (χ4n) is 3.58. The van der Waals surface area contributed by atoms with Crippen LogP contribution in [0.1, 0.15) is 11.1 Å². The van der Waals surface area contributed by atoms with Crippen LogP contribution in [0, 0.1) is 0 Å². The van der Waals surface area contributed by atoms with Crippen molar-refractivity contribution in [2.24, 2.45) is 0 Å². The maximum absolute atomic E-state index is 13.6. The highest BCUT2D eigenvalue weighted by Crippen LogP contribution is 2.25. The van der Waals surface area contributed by atoms with E-state index >= 15 is 0 Å². The van der Waals surface area contributed by atoms with Gasteiger partial charge in [0.2, 0.25) is 10.0 Å². The number of aromatic amines is 1. The van der Waals surface area contributed by atoms with Gasteiger partial charge in [0.25, 0.3) is 5.56 Å². The lowest BCUT2D eigenvalue weighted by Crippen LogP contribution is -2.32. The second-order valence-electron chi connectivity index (χ2n) is 7.65. The molecule has 0 saturated carbocycles. The molecule has 0 unspecified atom stereocenters. The molecule has 9 heteroatoms. The van der Waals surface area contributed by atoms with Crippen LogP contribution in [0.4, 0.5) is 0 Å². The Morgan fingerprint density at radius 2 is 1.50 bits per heavy atom. The number of nitrogens with one attached hydrogen (secondary N) is 1. The number of sulfonamides is 1. The van der Waals surface area contributed by atoms with E-state index in [1.54, 1.807) is 74.9 Å². The second kappa shape index (κ2) is 10.0. The van der Waals surface area contributed by atoms with Gasteiger partial charge in [-0.15, -0.1) is 0 Å². The van der Waals surface area contributed by atoms with E-state index in [0.717, 1.165) is 15.4 Å². The van der Waals surface area contributed by atoms with Gasteiger partial charge in [-0.1, -0.05) is 28.1 Å². The van der Waals surface area contributed by atoms with Gasteiger partial charge in [-0.3, -0.25) is 4.79 Å². The van der Waals surface area contributed by atoms with Crippen molar-refractivity contribution >= 4 is 36.9 Å². The number of H-pyrrole nitrogens is 1. The Balaban J connectivity index is 1.76. The third-order valence-corrected chi connectivity index (χ3v) is 7.78. The van der Waals surface area contributed by atoms with Crippen LogP contribution in [0.2, 0.25) is 0 Å². The quantitative estimate of drug-likeness (QED) is 0.348. The monoisotopic (exact) mass is 542 g/mol. The molecule has 4 rings (SSSR count). The first-order valence-corrected chi connectivity index (χ1v) is 12.6. The number of hydrogen-bond acceptors (Lipinski definition) is 5. The summed E-state index contributed by atoms with van der Waals surface area (Å²) in [6.07, 6.45) is 0. The molecule has 176 valence electrons. The molecule has 0 saturated heterocycles. The Kier molecular flexibility index (Phi) is 7.06. The molecule has 0 aliphatic rings. The van der Waals surface area contributed by atoms with Crippen molar-refractivity contribution in [1.29, 1.82) is 0 Å². The zero-order valence-corrected chi connectivity index (χ0v) is 21.0. The van der Waals surface area contributed by atoms with Gasteiger partial charge in [0.1, 0.15) is 11.5 Å². The van der Waals surface area contributed by atoms with E-state index in [1.165, 1.54) is 16.4 Å². The summed E-state index contributed by atoms with van der Waals surface area (Å²) in [4.78, 5) is 15.8. The number of benzene rings is 3. The van der Waals surface area contributed by atoms with Crippen LogP contribution in [-0.2, 0) is 23.1 Å². The molecular weight excluding hydrogens is 520 g/mol. The highest BCUT2D eigenvalue weighted by Gasteiger charge is 2.26. The minimum atomic E-state index is -3.91. The standard InChI is InChI=1S/C25H23BrN2O5S/c1-32-21-7-3-17(4-8-21)15-28(34(30,31)23-10-5-20(26)6-11-23)16-19-13-18-14-22(33-2)9-12-24(18)27-25(19)29/h3-14H,15-16H2,1-2H3,(H,27,29). The van der Waals surface area contributed by atoms with Crippen molar-refractivity contribution < 1.29 is 17.9 Å². The van der Waals surface area contributed by atoms with Crippen LogP contribution in [0.3, 0.4) is 0 Å². The Labute approximate surface area is 206 Å². The van der Waals surface area contributed by atoms with Gasteiger partial charge < -0.3 is 14.5 Å². The first-order chi connectivity index (χ1) is 16.3. The molecule has 0 aliphatic carbocycles. The second-order valence-corrected chi connectivity index (χ2v) is 10.5. The number of fused-ring (bicyclic) bond motifs is 1. The molecule has 1 N–H and O–H groups in total. The number of ether oxygens (including phenoxy) is 2. The highest BCUT2D eigenvalue weighted by atomic mass is 79.9. The van der Waals surface area contributed by atoms with Gasteiger partial charge in [-0.25, -0.2) is 8.42 Å². The molecule has 0 spiro atoms. The molecule has 34 heavy (non-hydrogen) atoms. The van der Waals surface area contributed by atoms with Crippen LogP contribution < -0.4 is 15.0 Å². The largest absolute Gasteiger partial charge is 0.497 e. The summed E-state index contributed by atoms with van der Waals surface area (Å²) in [7, 11) is -0.775. The lowest BCUT2D eigenvalue weighted by atomic mass is 10.1. The van der Waals surface area contributed by atoms with Gasteiger partial charge in [0.05, 0.1) is 19.1 Å². The van der Waals surface area contributed by atoms with E-state index in [2.05, 4.69) is 20.9 Å². The Morgan fingerprint density at radius 3 is 2.15 bits per heavy atom. The normalized spacial score (nSPS) is 11.6. The van der Waals surface area contributed by atoms with Crippen LogP contribution >= 0.6 is 15.9 Å². The SMILES string of the molecule is COc1ccc(CN(Cc2cc3cc(OC)ccc3[nH]c2=O)S(=O)(=O)c2ccc(Br)cc2)cc1. The van der Waals surface area contributed by atoms with Crippen molar-refractivity contribution in [3.63, 3.8) is 0 Å². The molecule has 0 amide bonds. The fraction of sp³-hybridized carbons (Fsp3) is 0.160. The number of hydrogen-bond donors (Lipinski definition) is 1. The number of aromatic nitrogens is 1. The van der Waals surface area contributed by atoms with E-state index < -0.39 is 10.0 Å². The minimum Gasteiger partial charge on any atom is -0.497 e.